The topological polar surface area (TPSA) is 97.7 Å². The first-order valence-electron chi connectivity index (χ1n) is 10.7. The molecule has 0 radical (unpaired) electrons. The molecule has 3 aromatic rings. The Morgan fingerprint density at radius 1 is 1.17 bits per heavy atom. The number of benzene rings is 2. The zero-order valence-corrected chi connectivity index (χ0v) is 22.0. The fourth-order valence-electron chi connectivity index (χ4n) is 3.18. The standard InChI is InChI=1S/C26H22Cl2N2O5S/c1-4-34-26(32)24-15(2)17(13-29)25(36-24)30-23(31)11-9-16-8-10-21(22(12-16)33-3)35-14-18-19(27)6-5-7-20(18)28/h5-12H,4,14H2,1-3H3,(H,30,31). The first kappa shape index (κ1) is 27.1. The third-order valence-electron chi connectivity index (χ3n) is 5.00. The average Bonchev–Trinajstić information content (AvgIpc) is 3.17. The quantitative estimate of drug-likeness (QED) is 0.239. The maximum atomic E-state index is 12.5. The van der Waals surface area contributed by atoms with Gasteiger partial charge in [0.05, 0.1) is 19.3 Å². The second-order valence-electron chi connectivity index (χ2n) is 7.31. The number of carbonyl (C=O) groups is 2. The van der Waals surface area contributed by atoms with E-state index in [1.54, 1.807) is 56.3 Å². The van der Waals surface area contributed by atoms with E-state index in [0.717, 1.165) is 11.3 Å². The molecule has 36 heavy (non-hydrogen) atoms. The van der Waals surface area contributed by atoms with Gasteiger partial charge in [0.25, 0.3) is 0 Å². The number of thiophene rings is 1. The molecule has 1 N–H and O–H groups in total. The smallest absolute Gasteiger partial charge is 0.348 e. The van der Waals surface area contributed by atoms with Gasteiger partial charge in [0.2, 0.25) is 5.91 Å². The summed E-state index contributed by atoms with van der Waals surface area (Å²) < 4.78 is 16.3. The molecule has 0 saturated carbocycles. The van der Waals surface area contributed by atoms with Gasteiger partial charge in [-0.05, 0) is 55.3 Å². The van der Waals surface area contributed by atoms with Crippen molar-refractivity contribution in [2.45, 2.75) is 20.5 Å². The summed E-state index contributed by atoms with van der Waals surface area (Å²) >= 11 is 13.4. The van der Waals surface area contributed by atoms with E-state index in [9.17, 15) is 14.9 Å². The van der Waals surface area contributed by atoms with Gasteiger partial charge in [0.15, 0.2) is 11.5 Å². The van der Waals surface area contributed by atoms with E-state index in [4.69, 9.17) is 37.4 Å². The number of halogens is 2. The van der Waals surface area contributed by atoms with Crippen molar-refractivity contribution in [1.82, 2.24) is 0 Å². The molecule has 1 aromatic heterocycles. The van der Waals surface area contributed by atoms with E-state index < -0.39 is 11.9 Å². The number of ether oxygens (including phenoxy) is 3. The number of anilines is 1. The highest BCUT2D eigenvalue weighted by Gasteiger charge is 2.21. The number of nitrogens with zero attached hydrogens (tertiary/aromatic N) is 1. The molecule has 0 atom stereocenters. The molecule has 0 aliphatic rings. The number of amides is 1. The lowest BCUT2D eigenvalue weighted by Gasteiger charge is -2.13. The van der Waals surface area contributed by atoms with Crippen molar-refractivity contribution < 1.29 is 23.8 Å². The van der Waals surface area contributed by atoms with Gasteiger partial charge in [0, 0.05) is 21.7 Å². The van der Waals surface area contributed by atoms with Crippen LogP contribution in [0.2, 0.25) is 10.0 Å². The molecule has 0 bridgehead atoms. The van der Waals surface area contributed by atoms with Gasteiger partial charge in [-0.25, -0.2) is 4.79 Å². The molecule has 7 nitrogen and oxygen atoms in total. The van der Waals surface area contributed by atoms with Crippen LogP contribution in [0.1, 0.15) is 38.8 Å². The SMILES string of the molecule is CCOC(=O)c1sc(NC(=O)C=Cc2ccc(OCc3c(Cl)cccc3Cl)c(OC)c2)c(C#N)c1C. The molecule has 2 aromatic carbocycles. The Kier molecular flexibility index (Phi) is 9.37. The van der Waals surface area contributed by atoms with Crippen molar-refractivity contribution in [3.63, 3.8) is 0 Å². The molecular weight excluding hydrogens is 523 g/mol. The van der Waals surface area contributed by atoms with Gasteiger partial charge >= 0.3 is 5.97 Å². The summed E-state index contributed by atoms with van der Waals surface area (Å²) in [6.07, 6.45) is 2.91. The lowest BCUT2D eigenvalue weighted by molar-refractivity contribution is -0.111. The molecule has 1 amide bonds. The Hall–Kier alpha value is -3.51. The third-order valence-corrected chi connectivity index (χ3v) is 6.90. The second kappa shape index (κ2) is 12.5. The summed E-state index contributed by atoms with van der Waals surface area (Å²) in [7, 11) is 1.51. The molecule has 0 aliphatic heterocycles. The lowest BCUT2D eigenvalue weighted by Crippen LogP contribution is -2.07. The van der Waals surface area contributed by atoms with Crippen LogP contribution in [0.3, 0.4) is 0 Å². The van der Waals surface area contributed by atoms with Crippen molar-refractivity contribution in [2.75, 3.05) is 19.0 Å². The number of rotatable bonds is 9. The number of hydrogen-bond acceptors (Lipinski definition) is 7. The molecule has 1 heterocycles. The van der Waals surface area contributed by atoms with E-state index in [1.165, 1.54) is 13.2 Å². The van der Waals surface area contributed by atoms with Crippen molar-refractivity contribution in [1.29, 1.82) is 5.26 Å². The van der Waals surface area contributed by atoms with Crippen LogP contribution < -0.4 is 14.8 Å². The van der Waals surface area contributed by atoms with Crippen LogP contribution in [-0.2, 0) is 16.1 Å². The summed E-state index contributed by atoms with van der Waals surface area (Å²) in [4.78, 5) is 24.9. The molecule has 0 unspecified atom stereocenters. The summed E-state index contributed by atoms with van der Waals surface area (Å²) in [5.74, 6) is -0.0515. The van der Waals surface area contributed by atoms with Gasteiger partial charge in [0.1, 0.15) is 22.6 Å². The van der Waals surface area contributed by atoms with Gasteiger partial charge in [-0.2, -0.15) is 5.26 Å². The van der Waals surface area contributed by atoms with E-state index in [-0.39, 0.29) is 28.7 Å². The maximum Gasteiger partial charge on any atom is 0.348 e. The molecule has 0 spiro atoms. The Morgan fingerprint density at radius 3 is 2.53 bits per heavy atom. The van der Waals surface area contributed by atoms with Crippen molar-refractivity contribution >= 4 is 57.5 Å². The largest absolute Gasteiger partial charge is 0.493 e. The van der Waals surface area contributed by atoms with Crippen LogP contribution >= 0.6 is 34.5 Å². The first-order chi connectivity index (χ1) is 17.3. The highest BCUT2D eigenvalue weighted by atomic mass is 35.5. The van der Waals surface area contributed by atoms with Crippen LogP contribution in [-0.4, -0.2) is 25.6 Å². The molecule has 3 rings (SSSR count). The van der Waals surface area contributed by atoms with Gasteiger partial charge < -0.3 is 19.5 Å². The predicted molar refractivity (Wildman–Crippen MR) is 141 cm³/mol. The van der Waals surface area contributed by atoms with E-state index in [1.807, 2.05) is 6.07 Å². The number of carbonyl (C=O) groups excluding carboxylic acids is 2. The van der Waals surface area contributed by atoms with Crippen molar-refractivity contribution in [3.05, 3.63) is 79.7 Å². The lowest BCUT2D eigenvalue weighted by atomic mass is 10.1. The van der Waals surface area contributed by atoms with E-state index in [0.29, 0.717) is 38.2 Å². The number of hydrogen-bond donors (Lipinski definition) is 1. The Bertz CT molecular complexity index is 1340. The Labute approximate surface area is 222 Å². The summed E-state index contributed by atoms with van der Waals surface area (Å²) in [6.45, 7) is 3.70. The minimum atomic E-state index is -0.529. The molecule has 0 fully saturated rings. The van der Waals surface area contributed by atoms with Crippen molar-refractivity contribution in [3.8, 4) is 17.6 Å². The predicted octanol–water partition coefficient (Wildman–Crippen LogP) is 6.65. The number of methoxy groups -OCH3 is 1. The van der Waals surface area contributed by atoms with Crippen LogP contribution in [0, 0.1) is 18.3 Å². The maximum absolute atomic E-state index is 12.5. The average molecular weight is 545 g/mol. The van der Waals surface area contributed by atoms with Crippen LogP contribution in [0.5, 0.6) is 11.5 Å². The third kappa shape index (κ3) is 6.38. The fraction of sp³-hybridized carbons (Fsp3) is 0.192. The number of nitrogens with one attached hydrogen (secondary N) is 1. The normalized spacial score (nSPS) is 10.7. The molecular formula is C26H22Cl2N2O5S. The van der Waals surface area contributed by atoms with Crippen molar-refractivity contribution in [2.24, 2.45) is 0 Å². The molecule has 10 heteroatoms. The number of nitriles is 1. The van der Waals surface area contributed by atoms with Gasteiger partial charge in [-0.15, -0.1) is 11.3 Å². The molecule has 0 aliphatic carbocycles. The highest BCUT2D eigenvalue weighted by molar-refractivity contribution is 7.18. The molecule has 0 saturated heterocycles. The Morgan fingerprint density at radius 2 is 1.89 bits per heavy atom. The Balaban J connectivity index is 1.71. The minimum absolute atomic E-state index is 0.154. The second-order valence-corrected chi connectivity index (χ2v) is 9.15. The van der Waals surface area contributed by atoms with E-state index in [2.05, 4.69) is 5.32 Å². The summed E-state index contributed by atoms with van der Waals surface area (Å²) in [5, 5.41) is 13.4. The van der Waals surface area contributed by atoms with Crippen LogP contribution in [0.15, 0.2) is 42.5 Å². The van der Waals surface area contributed by atoms with E-state index >= 15 is 0 Å². The highest BCUT2D eigenvalue weighted by Crippen LogP contribution is 2.34. The summed E-state index contributed by atoms with van der Waals surface area (Å²) in [6, 6.07) is 12.4. The van der Waals surface area contributed by atoms with Gasteiger partial charge in [-0.3, -0.25) is 4.79 Å². The zero-order chi connectivity index (χ0) is 26.2. The fourth-order valence-corrected chi connectivity index (χ4v) is 4.74. The minimum Gasteiger partial charge on any atom is -0.493 e. The monoisotopic (exact) mass is 544 g/mol. The van der Waals surface area contributed by atoms with Crippen LogP contribution in [0.25, 0.3) is 6.08 Å². The van der Waals surface area contributed by atoms with Gasteiger partial charge in [-0.1, -0.05) is 35.3 Å². The number of esters is 1. The molecule has 186 valence electrons. The summed E-state index contributed by atoms with van der Waals surface area (Å²) in [5.41, 5.74) is 2.04. The van der Waals surface area contributed by atoms with Crippen LogP contribution in [0.4, 0.5) is 5.00 Å². The first-order valence-corrected chi connectivity index (χ1v) is 12.3. The zero-order valence-electron chi connectivity index (χ0n) is 19.7.